The minimum Gasteiger partial charge on any atom is -0.395 e. The van der Waals surface area contributed by atoms with Crippen LogP contribution in [0.25, 0.3) is 0 Å². The molecule has 1 unspecified atom stereocenters. The van der Waals surface area contributed by atoms with Crippen LogP contribution >= 0.6 is 0 Å². The molecule has 0 fully saturated rings. The summed E-state index contributed by atoms with van der Waals surface area (Å²) in [5.74, 6) is -4.51. The van der Waals surface area contributed by atoms with Crippen LogP contribution in [-0.4, -0.2) is 60.5 Å². The SMILES string of the molecule is O=[N+]([O-])OC([N+](=O)[O-])([N+](=O)[O-])C(CO)(CO)C(O)[N+](=O)[O-]. The van der Waals surface area contributed by atoms with Gasteiger partial charge in [0, 0.05) is 0 Å². The van der Waals surface area contributed by atoms with E-state index in [2.05, 4.69) is 4.84 Å². The van der Waals surface area contributed by atoms with Crippen molar-refractivity contribution in [3.63, 3.8) is 0 Å². The average molecular weight is 316 g/mol. The molecular formula is C5H8N4O12. The molecule has 0 radical (unpaired) electrons. The maximum absolute atomic E-state index is 10.9. The summed E-state index contributed by atoms with van der Waals surface area (Å²) in [6.07, 6.45) is -3.32. The van der Waals surface area contributed by atoms with E-state index in [0.29, 0.717) is 0 Å². The summed E-state index contributed by atoms with van der Waals surface area (Å²) in [5, 5.41) is 67.7. The van der Waals surface area contributed by atoms with Gasteiger partial charge in [-0.1, -0.05) is 0 Å². The summed E-state index contributed by atoms with van der Waals surface area (Å²) in [5.41, 5.74) is -3.64. The lowest BCUT2D eigenvalue weighted by molar-refractivity contribution is -0.981. The number of nitro groups is 3. The molecule has 0 bridgehead atoms. The molecule has 3 N–H and O–H groups in total. The fourth-order valence-electron chi connectivity index (χ4n) is 1.48. The molecule has 16 nitrogen and oxygen atoms in total. The first-order chi connectivity index (χ1) is 9.53. The van der Waals surface area contributed by atoms with Gasteiger partial charge >= 0.3 is 17.2 Å². The molecule has 0 saturated heterocycles. The monoisotopic (exact) mass is 316 g/mol. The molecule has 0 aromatic heterocycles. The van der Waals surface area contributed by atoms with Crippen LogP contribution in [0.4, 0.5) is 0 Å². The molecular weight excluding hydrogens is 308 g/mol. The zero-order valence-corrected chi connectivity index (χ0v) is 9.80. The van der Waals surface area contributed by atoms with Crippen LogP contribution in [0.1, 0.15) is 0 Å². The summed E-state index contributed by atoms with van der Waals surface area (Å²) >= 11 is 0. The van der Waals surface area contributed by atoms with Gasteiger partial charge in [-0.15, -0.1) is 10.1 Å². The number of hydrogen-bond acceptors (Lipinski definition) is 12. The van der Waals surface area contributed by atoms with Crippen LogP contribution in [0.2, 0.25) is 0 Å². The molecule has 0 saturated carbocycles. The van der Waals surface area contributed by atoms with Crippen LogP contribution in [0.5, 0.6) is 0 Å². The fourth-order valence-corrected chi connectivity index (χ4v) is 1.48. The number of aliphatic hydroxyl groups is 3. The van der Waals surface area contributed by atoms with Gasteiger partial charge in [-0.2, -0.15) is 4.84 Å². The van der Waals surface area contributed by atoms with Crippen LogP contribution < -0.4 is 0 Å². The van der Waals surface area contributed by atoms with Crippen molar-refractivity contribution in [2.45, 2.75) is 12.1 Å². The molecule has 21 heavy (non-hydrogen) atoms. The average Bonchev–Trinajstić information content (AvgIpc) is 2.37. The molecule has 0 aliphatic rings. The second-order valence-corrected chi connectivity index (χ2v) is 3.57. The standard InChI is InChI=1S/C5H8N4O12/c10-1-4(2-11,3(12)6(13)14)5(7(15)16,8(17)18)21-9(19)20/h3,10-12H,1-2H2. The number of hydrogen-bond donors (Lipinski definition) is 3. The lowest BCUT2D eigenvalue weighted by Crippen LogP contribution is -2.70. The first-order valence-corrected chi connectivity index (χ1v) is 4.69. The molecule has 0 aliphatic heterocycles. The van der Waals surface area contributed by atoms with Crippen molar-refractivity contribution in [2.75, 3.05) is 13.2 Å². The van der Waals surface area contributed by atoms with E-state index in [1.807, 2.05) is 0 Å². The highest BCUT2D eigenvalue weighted by molar-refractivity contribution is 4.88. The van der Waals surface area contributed by atoms with Crippen molar-refractivity contribution in [3.05, 3.63) is 40.5 Å². The Kier molecular flexibility index (Phi) is 5.36. The molecule has 0 aromatic carbocycles. The van der Waals surface area contributed by atoms with Gasteiger partial charge in [0.15, 0.2) is 0 Å². The lowest BCUT2D eigenvalue weighted by atomic mass is 9.81. The lowest BCUT2D eigenvalue weighted by Gasteiger charge is -2.31. The first kappa shape index (κ1) is 18.3. The largest absolute Gasteiger partial charge is 0.633 e. The van der Waals surface area contributed by atoms with Gasteiger partial charge in [0.05, 0.1) is 18.1 Å². The van der Waals surface area contributed by atoms with Gasteiger partial charge in [0.2, 0.25) is 0 Å². The molecule has 0 aromatic rings. The van der Waals surface area contributed by atoms with E-state index in [0.717, 1.165) is 0 Å². The first-order valence-electron chi connectivity index (χ1n) is 4.69. The van der Waals surface area contributed by atoms with Crippen LogP contribution in [0.3, 0.4) is 0 Å². The molecule has 0 heterocycles. The molecule has 0 amide bonds. The molecule has 0 rings (SSSR count). The van der Waals surface area contributed by atoms with E-state index < -0.39 is 50.6 Å². The van der Waals surface area contributed by atoms with E-state index in [4.69, 9.17) is 10.2 Å². The van der Waals surface area contributed by atoms with Crippen molar-refractivity contribution in [1.29, 1.82) is 0 Å². The van der Waals surface area contributed by atoms with Gasteiger partial charge in [-0.3, -0.25) is 30.3 Å². The maximum atomic E-state index is 10.9. The highest BCUT2D eigenvalue weighted by atomic mass is 17.0. The number of aliphatic hydroxyl groups excluding tert-OH is 3. The van der Waals surface area contributed by atoms with Crippen molar-refractivity contribution in [3.8, 4) is 0 Å². The molecule has 120 valence electrons. The molecule has 16 heteroatoms. The Bertz CT molecular complexity index is 445. The molecule has 0 spiro atoms. The quantitative estimate of drug-likeness (QED) is 0.218. The van der Waals surface area contributed by atoms with Crippen molar-refractivity contribution in [1.82, 2.24) is 0 Å². The van der Waals surface area contributed by atoms with Gasteiger partial charge in [0.25, 0.3) is 5.41 Å². The van der Waals surface area contributed by atoms with E-state index in [1.165, 1.54) is 0 Å². The summed E-state index contributed by atoms with van der Waals surface area (Å²) < 4.78 is 0. The summed E-state index contributed by atoms with van der Waals surface area (Å²) in [4.78, 5) is 39.9. The smallest absolute Gasteiger partial charge is 0.395 e. The number of nitrogens with zero attached hydrogens (tertiary/aromatic N) is 4. The number of rotatable bonds is 9. The second-order valence-electron chi connectivity index (χ2n) is 3.57. The zero-order valence-electron chi connectivity index (χ0n) is 9.80. The Morgan fingerprint density at radius 1 is 0.952 bits per heavy atom. The predicted octanol–water partition coefficient (Wildman–Crippen LogP) is -3.03. The van der Waals surface area contributed by atoms with Gasteiger partial charge in [0.1, 0.15) is 9.85 Å². The molecule has 0 aliphatic carbocycles. The van der Waals surface area contributed by atoms with E-state index >= 15 is 0 Å². The minimum absolute atomic E-state index is 1.72. The van der Waals surface area contributed by atoms with Crippen LogP contribution in [-0.2, 0) is 4.84 Å². The predicted molar refractivity (Wildman–Crippen MR) is 54.4 cm³/mol. The highest BCUT2D eigenvalue weighted by Crippen LogP contribution is 2.39. The minimum atomic E-state index is -4.51. The van der Waals surface area contributed by atoms with Crippen LogP contribution in [0, 0.1) is 45.9 Å². The highest BCUT2D eigenvalue weighted by Gasteiger charge is 2.83. The summed E-state index contributed by atoms with van der Waals surface area (Å²) in [6, 6.07) is 0. The summed E-state index contributed by atoms with van der Waals surface area (Å²) in [7, 11) is 0. The Hall–Kier alpha value is -2.72. The normalized spacial score (nSPS) is 13.3. The Morgan fingerprint density at radius 2 is 1.33 bits per heavy atom. The van der Waals surface area contributed by atoms with Crippen molar-refractivity contribution in [2.24, 2.45) is 5.41 Å². The van der Waals surface area contributed by atoms with Crippen molar-refractivity contribution >= 4 is 0 Å². The van der Waals surface area contributed by atoms with E-state index in [1.54, 1.807) is 0 Å². The van der Waals surface area contributed by atoms with Gasteiger partial charge in [-0.25, -0.2) is 0 Å². The summed E-state index contributed by atoms with van der Waals surface area (Å²) in [6.45, 7) is -3.89. The van der Waals surface area contributed by atoms with Crippen molar-refractivity contribution < 1.29 is 40.0 Å². The second kappa shape index (κ2) is 6.15. The third kappa shape index (κ3) is 2.61. The maximum Gasteiger partial charge on any atom is 0.633 e. The Morgan fingerprint density at radius 3 is 1.52 bits per heavy atom. The third-order valence-corrected chi connectivity index (χ3v) is 2.60. The van der Waals surface area contributed by atoms with Gasteiger partial charge in [-0.05, 0) is 0 Å². The molecule has 1 atom stereocenters. The Balaban J connectivity index is 6.53. The third-order valence-electron chi connectivity index (χ3n) is 2.60. The topological polar surface area (TPSA) is 242 Å². The fraction of sp³-hybridized carbons (Fsp3) is 1.00. The van der Waals surface area contributed by atoms with Crippen LogP contribution in [0.15, 0.2) is 0 Å². The zero-order chi connectivity index (χ0) is 17.0. The van der Waals surface area contributed by atoms with Gasteiger partial charge < -0.3 is 15.3 Å². The van der Waals surface area contributed by atoms with E-state index in [9.17, 15) is 45.6 Å². The Labute approximate surface area is 112 Å². The van der Waals surface area contributed by atoms with E-state index in [-0.39, 0.29) is 0 Å².